The highest BCUT2D eigenvalue weighted by atomic mass is 19.4. The third-order valence-corrected chi connectivity index (χ3v) is 6.48. The number of nitrogens with zero attached hydrogens (tertiary/aromatic N) is 5. The van der Waals surface area contributed by atoms with E-state index < -0.39 is 36.7 Å². The minimum Gasteiger partial charge on any atom is -0.360 e. The third kappa shape index (κ3) is 3.64. The third-order valence-electron chi connectivity index (χ3n) is 6.48. The van der Waals surface area contributed by atoms with Crippen LogP contribution in [0.2, 0.25) is 0 Å². The summed E-state index contributed by atoms with van der Waals surface area (Å²) in [6.07, 6.45) is -3.46. The molecule has 1 fully saturated rings. The molecule has 4 heterocycles. The molecule has 2 aromatic heterocycles. The second kappa shape index (κ2) is 8.00. The largest absolute Gasteiger partial charge is 0.408 e. The van der Waals surface area contributed by atoms with Crippen LogP contribution >= 0.6 is 0 Å². The maximum Gasteiger partial charge on any atom is 0.408 e. The lowest BCUT2D eigenvalue weighted by Gasteiger charge is -2.31. The molecule has 1 aromatic carbocycles. The van der Waals surface area contributed by atoms with Crippen molar-refractivity contribution in [3.8, 4) is 0 Å². The van der Waals surface area contributed by atoms with Gasteiger partial charge < -0.3 is 15.1 Å². The van der Waals surface area contributed by atoms with Crippen molar-refractivity contribution in [3.05, 3.63) is 53.3 Å². The van der Waals surface area contributed by atoms with Gasteiger partial charge in [0.15, 0.2) is 5.65 Å². The van der Waals surface area contributed by atoms with Gasteiger partial charge in [-0.25, -0.2) is 4.98 Å². The molecule has 3 aromatic rings. The number of carbonyl (C=O) groups excluding carboxylic acids is 2. The van der Waals surface area contributed by atoms with Crippen molar-refractivity contribution in [2.75, 3.05) is 18.4 Å². The highest BCUT2D eigenvalue weighted by molar-refractivity contribution is 6.01. The van der Waals surface area contributed by atoms with Gasteiger partial charge in [0.25, 0.3) is 5.91 Å². The summed E-state index contributed by atoms with van der Waals surface area (Å²) in [5, 5.41) is 8.44. The first kappa shape index (κ1) is 22.2. The van der Waals surface area contributed by atoms with Crippen LogP contribution in [0.1, 0.15) is 40.6 Å². The summed E-state index contributed by atoms with van der Waals surface area (Å²) in [6, 6.07) is 6.95. The number of anilines is 1. The summed E-state index contributed by atoms with van der Waals surface area (Å²) in [5.74, 6) is -1.12. The average Bonchev–Trinajstić information content (AvgIpc) is 3.47. The highest BCUT2D eigenvalue weighted by Gasteiger charge is 2.48. The molecule has 34 heavy (non-hydrogen) atoms. The van der Waals surface area contributed by atoms with Crippen LogP contribution in [0.25, 0.3) is 11.0 Å². The number of nitrogens with one attached hydrogen (secondary N) is 1. The number of hydrogen-bond donors (Lipinski definition) is 1. The molecule has 2 aliphatic rings. The highest BCUT2D eigenvalue weighted by Crippen LogP contribution is 2.36. The SMILES string of the molecule is Cc1nn(C)c2ncc(NC3c4ccccc4C(=O)N3CC(=O)N3CCC[C@H]3C(F)(F)F)cc12. The summed E-state index contributed by atoms with van der Waals surface area (Å²) >= 11 is 0. The van der Waals surface area contributed by atoms with Gasteiger partial charge in [-0.2, -0.15) is 18.3 Å². The van der Waals surface area contributed by atoms with Crippen molar-refractivity contribution in [2.45, 2.75) is 38.1 Å². The summed E-state index contributed by atoms with van der Waals surface area (Å²) < 4.78 is 41.9. The molecule has 0 bridgehead atoms. The number of likely N-dealkylation sites (tertiary alicyclic amines) is 1. The standard InChI is InChI=1S/C23H23F3N6O2/c1-13-17-10-14(11-27-20(17)30(2)29-13)28-21-15-6-3-4-7-16(15)22(34)32(21)12-19(33)31-9-5-8-18(31)23(24,25)26/h3-4,6-7,10-11,18,21,28H,5,8-9,12H2,1-2H3/t18-,21?/m0/s1. The number of hydrogen-bond acceptors (Lipinski definition) is 5. The molecule has 2 aliphatic heterocycles. The number of aromatic nitrogens is 3. The van der Waals surface area contributed by atoms with Gasteiger partial charge in [-0.15, -0.1) is 0 Å². The van der Waals surface area contributed by atoms with Crippen molar-refractivity contribution in [2.24, 2.45) is 7.05 Å². The van der Waals surface area contributed by atoms with Crippen molar-refractivity contribution in [1.82, 2.24) is 24.6 Å². The van der Waals surface area contributed by atoms with E-state index in [2.05, 4.69) is 15.4 Å². The second-order valence-electron chi connectivity index (χ2n) is 8.66. The molecule has 2 atom stereocenters. The van der Waals surface area contributed by atoms with Crippen LogP contribution in [-0.2, 0) is 11.8 Å². The van der Waals surface area contributed by atoms with Gasteiger partial charge in [0.05, 0.1) is 17.6 Å². The number of rotatable bonds is 4. The number of fused-ring (bicyclic) bond motifs is 2. The Balaban J connectivity index is 1.45. The summed E-state index contributed by atoms with van der Waals surface area (Å²) in [6.45, 7) is 1.43. The Morgan fingerprint density at radius 1 is 1.26 bits per heavy atom. The zero-order chi connectivity index (χ0) is 24.2. The Bertz CT molecular complexity index is 1290. The van der Waals surface area contributed by atoms with Gasteiger partial charge in [0.1, 0.15) is 18.8 Å². The topological polar surface area (TPSA) is 83.4 Å². The Hall–Kier alpha value is -3.63. The predicted molar refractivity (Wildman–Crippen MR) is 118 cm³/mol. The Kier molecular flexibility index (Phi) is 5.22. The second-order valence-corrected chi connectivity index (χ2v) is 8.66. The summed E-state index contributed by atoms with van der Waals surface area (Å²) in [4.78, 5) is 32.7. The Morgan fingerprint density at radius 3 is 2.79 bits per heavy atom. The molecular weight excluding hydrogens is 449 g/mol. The van der Waals surface area contributed by atoms with E-state index in [1.165, 1.54) is 4.90 Å². The van der Waals surface area contributed by atoms with Crippen molar-refractivity contribution < 1.29 is 22.8 Å². The number of pyridine rings is 1. The number of carbonyl (C=O) groups is 2. The molecule has 1 saturated heterocycles. The molecule has 0 aliphatic carbocycles. The lowest BCUT2D eigenvalue weighted by atomic mass is 10.1. The molecule has 8 nitrogen and oxygen atoms in total. The van der Waals surface area contributed by atoms with E-state index in [0.29, 0.717) is 22.5 Å². The molecule has 5 rings (SSSR count). The quantitative estimate of drug-likeness (QED) is 0.630. The lowest BCUT2D eigenvalue weighted by molar-refractivity contribution is -0.182. The zero-order valence-corrected chi connectivity index (χ0v) is 18.6. The van der Waals surface area contributed by atoms with Gasteiger partial charge in [0.2, 0.25) is 5.91 Å². The summed E-state index contributed by atoms with van der Waals surface area (Å²) in [7, 11) is 1.79. The van der Waals surface area contributed by atoms with Gasteiger partial charge in [-0.1, -0.05) is 18.2 Å². The van der Waals surface area contributed by atoms with Gasteiger partial charge in [-0.05, 0) is 31.9 Å². The van der Waals surface area contributed by atoms with E-state index in [1.807, 2.05) is 13.0 Å². The monoisotopic (exact) mass is 472 g/mol. The molecule has 1 N–H and O–H groups in total. The first-order valence-electron chi connectivity index (χ1n) is 11.0. The van der Waals surface area contributed by atoms with E-state index in [9.17, 15) is 22.8 Å². The summed E-state index contributed by atoms with van der Waals surface area (Å²) in [5.41, 5.74) is 3.15. The maximum atomic E-state index is 13.4. The number of halogens is 3. The smallest absolute Gasteiger partial charge is 0.360 e. The molecule has 0 spiro atoms. The van der Waals surface area contributed by atoms with E-state index >= 15 is 0 Å². The van der Waals surface area contributed by atoms with Crippen LogP contribution in [0.4, 0.5) is 18.9 Å². The van der Waals surface area contributed by atoms with Gasteiger partial charge in [0, 0.05) is 30.1 Å². The van der Waals surface area contributed by atoms with Crippen molar-refractivity contribution >= 4 is 28.5 Å². The average molecular weight is 472 g/mol. The minimum atomic E-state index is -4.50. The number of amides is 2. The number of aryl methyl sites for hydroxylation is 2. The van der Waals surface area contributed by atoms with E-state index in [-0.39, 0.29) is 19.4 Å². The molecule has 11 heteroatoms. The van der Waals surface area contributed by atoms with Crippen LogP contribution in [0.15, 0.2) is 36.5 Å². The molecule has 1 unspecified atom stereocenters. The van der Waals surface area contributed by atoms with Gasteiger partial charge >= 0.3 is 6.18 Å². The normalized spacial score (nSPS) is 20.3. The van der Waals surface area contributed by atoms with Gasteiger partial charge in [-0.3, -0.25) is 14.3 Å². The first-order chi connectivity index (χ1) is 16.1. The van der Waals surface area contributed by atoms with Crippen LogP contribution in [0.3, 0.4) is 0 Å². The molecule has 0 saturated carbocycles. The fraction of sp³-hybridized carbons (Fsp3) is 0.391. The minimum absolute atomic E-state index is 0.0248. The zero-order valence-electron chi connectivity index (χ0n) is 18.6. The molecule has 2 amide bonds. The first-order valence-corrected chi connectivity index (χ1v) is 11.0. The Morgan fingerprint density at radius 2 is 2.03 bits per heavy atom. The lowest BCUT2D eigenvalue weighted by Crippen LogP contribution is -2.49. The fourth-order valence-corrected chi connectivity index (χ4v) is 4.88. The van der Waals surface area contributed by atoms with Crippen molar-refractivity contribution in [3.63, 3.8) is 0 Å². The van der Waals surface area contributed by atoms with Crippen LogP contribution in [0.5, 0.6) is 0 Å². The number of alkyl halides is 3. The predicted octanol–water partition coefficient (Wildman–Crippen LogP) is 3.40. The number of benzene rings is 1. The fourth-order valence-electron chi connectivity index (χ4n) is 4.88. The van der Waals surface area contributed by atoms with E-state index in [4.69, 9.17) is 0 Å². The van der Waals surface area contributed by atoms with E-state index in [1.54, 1.807) is 42.2 Å². The van der Waals surface area contributed by atoms with Crippen LogP contribution in [-0.4, -0.2) is 61.7 Å². The van der Waals surface area contributed by atoms with Crippen molar-refractivity contribution in [1.29, 1.82) is 0 Å². The van der Waals surface area contributed by atoms with Crippen LogP contribution < -0.4 is 5.32 Å². The maximum absolute atomic E-state index is 13.4. The molecule has 0 radical (unpaired) electrons. The molecular formula is C23H23F3N6O2. The van der Waals surface area contributed by atoms with Crippen LogP contribution in [0, 0.1) is 6.92 Å². The Labute approximate surface area is 193 Å². The molecule has 178 valence electrons. The van der Waals surface area contributed by atoms with E-state index in [0.717, 1.165) is 16.0 Å².